The zero-order valence-corrected chi connectivity index (χ0v) is 14.9. The number of nitrogens with one attached hydrogen (secondary N) is 2. The molecule has 0 spiro atoms. The van der Waals surface area contributed by atoms with Crippen LogP contribution in [0.4, 0.5) is 10.5 Å². The number of carbonyl (C=O) groups excluding carboxylic acids is 2. The van der Waals surface area contributed by atoms with Gasteiger partial charge in [0, 0.05) is 18.7 Å². The van der Waals surface area contributed by atoms with Gasteiger partial charge in [-0.05, 0) is 30.7 Å². The summed E-state index contributed by atoms with van der Waals surface area (Å²) < 4.78 is 0. The average Bonchev–Trinajstić information content (AvgIpc) is 3.01. The predicted molar refractivity (Wildman–Crippen MR) is 101 cm³/mol. The molecule has 3 rings (SSSR count). The van der Waals surface area contributed by atoms with Crippen LogP contribution in [-0.4, -0.2) is 40.5 Å². The third-order valence-corrected chi connectivity index (χ3v) is 4.61. The second-order valence-corrected chi connectivity index (χ2v) is 6.52. The summed E-state index contributed by atoms with van der Waals surface area (Å²) in [7, 11) is 0. The zero-order chi connectivity index (χ0) is 19.4. The van der Waals surface area contributed by atoms with Crippen LogP contribution in [0.5, 0.6) is 0 Å². The van der Waals surface area contributed by atoms with E-state index in [1.165, 1.54) is 12.1 Å². The van der Waals surface area contributed by atoms with Crippen molar-refractivity contribution in [3.05, 3.63) is 65.7 Å². The largest absolute Gasteiger partial charge is 0.478 e. The summed E-state index contributed by atoms with van der Waals surface area (Å²) in [5.41, 5.74) is 1.51. The van der Waals surface area contributed by atoms with Gasteiger partial charge in [0.05, 0.1) is 17.6 Å². The highest BCUT2D eigenvalue weighted by Crippen LogP contribution is 2.25. The third-order valence-electron chi connectivity index (χ3n) is 4.61. The number of benzene rings is 2. The van der Waals surface area contributed by atoms with Gasteiger partial charge < -0.3 is 20.6 Å². The van der Waals surface area contributed by atoms with E-state index in [0.29, 0.717) is 12.2 Å². The minimum absolute atomic E-state index is 0.00970. The number of likely N-dealkylation sites (tertiary alicyclic amines) is 1. The monoisotopic (exact) mass is 367 g/mol. The molecule has 0 bridgehead atoms. The Hall–Kier alpha value is -3.35. The highest BCUT2D eigenvalue weighted by Gasteiger charge is 2.33. The molecule has 0 saturated carbocycles. The summed E-state index contributed by atoms with van der Waals surface area (Å²) >= 11 is 0. The molecule has 1 aliphatic heterocycles. The normalized spacial score (nSPS) is 17.4. The van der Waals surface area contributed by atoms with Crippen molar-refractivity contribution in [2.24, 2.45) is 0 Å². The number of aromatic carboxylic acids is 1. The Morgan fingerprint density at radius 2 is 1.89 bits per heavy atom. The molecule has 2 atom stereocenters. The number of hydrogen-bond donors (Lipinski definition) is 3. The lowest BCUT2D eigenvalue weighted by atomic mass is 10.1. The minimum atomic E-state index is -1.06. The molecule has 1 saturated heterocycles. The van der Waals surface area contributed by atoms with Gasteiger partial charge in [0.2, 0.25) is 5.91 Å². The molecule has 140 valence electrons. The summed E-state index contributed by atoms with van der Waals surface area (Å²) in [6, 6.07) is 14.9. The first-order chi connectivity index (χ1) is 12.9. The number of rotatable bonds is 5. The molecule has 3 amide bonds. The molecule has 7 heteroatoms. The van der Waals surface area contributed by atoms with Gasteiger partial charge >= 0.3 is 12.0 Å². The average molecular weight is 367 g/mol. The predicted octanol–water partition coefficient (Wildman–Crippen LogP) is 2.87. The van der Waals surface area contributed by atoms with Crippen LogP contribution in [0.25, 0.3) is 0 Å². The van der Waals surface area contributed by atoms with Crippen molar-refractivity contribution < 1.29 is 19.5 Å². The summed E-state index contributed by atoms with van der Waals surface area (Å²) in [4.78, 5) is 37.3. The van der Waals surface area contributed by atoms with Gasteiger partial charge in [-0.1, -0.05) is 36.4 Å². The molecule has 0 aromatic heterocycles. The Kier molecular flexibility index (Phi) is 5.40. The summed E-state index contributed by atoms with van der Waals surface area (Å²) in [6.45, 7) is 2.39. The summed E-state index contributed by atoms with van der Waals surface area (Å²) in [5.74, 6) is -1.07. The number of carbonyl (C=O) groups is 3. The van der Waals surface area contributed by atoms with E-state index in [0.717, 1.165) is 5.56 Å². The number of hydrogen-bond acceptors (Lipinski definition) is 3. The van der Waals surface area contributed by atoms with Gasteiger partial charge in [0.25, 0.3) is 0 Å². The molecule has 2 aromatic carbocycles. The van der Waals surface area contributed by atoms with Gasteiger partial charge in [-0.3, -0.25) is 4.79 Å². The Bertz CT molecular complexity index is 853. The molecule has 1 aliphatic rings. The third kappa shape index (κ3) is 4.44. The number of urea groups is 1. The molecule has 0 aliphatic carbocycles. The minimum Gasteiger partial charge on any atom is -0.478 e. The molecular weight excluding hydrogens is 346 g/mol. The maximum absolute atomic E-state index is 12.3. The van der Waals surface area contributed by atoms with Gasteiger partial charge in [-0.2, -0.15) is 0 Å². The van der Waals surface area contributed by atoms with E-state index in [1.807, 2.05) is 37.3 Å². The molecule has 1 heterocycles. The number of carboxylic acids is 1. The van der Waals surface area contributed by atoms with Gasteiger partial charge in [-0.25, -0.2) is 9.59 Å². The van der Waals surface area contributed by atoms with Crippen molar-refractivity contribution in [1.82, 2.24) is 10.2 Å². The Balaban J connectivity index is 1.59. The van der Waals surface area contributed by atoms with Crippen molar-refractivity contribution in [2.75, 3.05) is 11.9 Å². The molecule has 1 fully saturated rings. The van der Waals surface area contributed by atoms with Crippen LogP contribution in [0.15, 0.2) is 54.6 Å². The molecule has 2 unspecified atom stereocenters. The number of carboxylic acid groups (broad SMARTS) is 1. The van der Waals surface area contributed by atoms with Gasteiger partial charge in [0.1, 0.15) is 0 Å². The molecule has 3 N–H and O–H groups in total. The molecule has 2 aromatic rings. The highest BCUT2D eigenvalue weighted by molar-refractivity contribution is 5.93. The first-order valence-electron chi connectivity index (χ1n) is 8.69. The van der Waals surface area contributed by atoms with Gasteiger partial charge in [-0.15, -0.1) is 0 Å². The van der Waals surface area contributed by atoms with Crippen LogP contribution in [0.3, 0.4) is 0 Å². The van der Waals surface area contributed by atoms with E-state index in [9.17, 15) is 14.4 Å². The van der Waals surface area contributed by atoms with Crippen LogP contribution >= 0.6 is 0 Å². The van der Waals surface area contributed by atoms with E-state index in [2.05, 4.69) is 10.6 Å². The maximum atomic E-state index is 12.3. The highest BCUT2D eigenvalue weighted by atomic mass is 16.4. The first-order valence-corrected chi connectivity index (χ1v) is 8.69. The topological polar surface area (TPSA) is 98.7 Å². The van der Waals surface area contributed by atoms with E-state index in [1.54, 1.807) is 17.0 Å². The van der Waals surface area contributed by atoms with Crippen LogP contribution in [-0.2, 0) is 4.79 Å². The van der Waals surface area contributed by atoms with Crippen LogP contribution in [0, 0.1) is 0 Å². The smallest absolute Gasteiger partial charge is 0.335 e. The molecule has 0 radical (unpaired) electrons. The summed E-state index contributed by atoms with van der Waals surface area (Å²) in [5, 5.41) is 14.4. The first kappa shape index (κ1) is 18.4. The fourth-order valence-electron chi connectivity index (χ4n) is 3.20. The van der Waals surface area contributed by atoms with E-state index in [4.69, 9.17) is 5.11 Å². The Labute approximate surface area is 157 Å². The van der Waals surface area contributed by atoms with Crippen molar-refractivity contribution >= 4 is 23.6 Å². The Morgan fingerprint density at radius 1 is 1.15 bits per heavy atom. The number of amides is 3. The zero-order valence-electron chi connectivity index (χ0n) is 14.9. The van der Waals surface area contributed by atoms with Crippen LogP contribution < -0.4 is 10.6 Å². The van der Waals surface area contributed by atoms with Crippen molar-refractivity contribution in [2.45, 2.75) is 25.4 Å². The standard InChI is InChI=1S/C20H21N3O4/c1-13(14-6-3-2-4-7-14)23-12-17(11-18(23)24)22-20(27)21-16-9-5-8-15(10-16)19(25)26/h2-10,13,17H,11-12H2,1H3,(H,25,26)(H2,21,22,27). The lowest BCUT2D eigenvalue weighted by molar-refractivity contribution is -0.129. The van der Waals surface area contributed by atoms with E-state index in [-0.39, 0.29) is 30.0 Å². The van der Waals surface area contributed by atoms with Crippen LogP contribution in [0.1, 0.15) is 35.3 Å². The SMILES string of the molecule is CC(c1ccccc1)N1CC(NC(=O)Nc2cccc(C(=O)O)c2)CC1=O. The van der Waals surface area contributed by atoms with Gasteiger partial charge in [0.15, 0.2) is 0 Å². The second-order valence-electron chi connectivity index (χ2n) is 6.52. The quantitative estimate of drug-likeness (QED) is 0.757. The molecule has 27 heavy (non-hydrogen) atoms. The molecule has 7 nitrogen and oxygen atoms in total. The number of anilines is 1. The van der Waals surface area contributed by atoms with Crippen LogP contribution in [0.2, 0.25) is 0 Å². The fraction of sp³-hybridized carbons (Fsp3) is 0.250. The van der Waals surface area contributed by atoms with E-state index >= 15 is 0 Å². The Morgan fingerprint density at radius 3 is 2.59 bits per heavy atom. The maximum Gasteiger partial charge on any atom is 0.335 e. The number of nitrogens with zero attached hydrogens (tertiary/aromatic N) is 1. The lowest BCUT2D eigenvalue weighted by Gasteiger charge is -2.25. The molecular formula is C20H21N3O4. The van der Waals surface area contributed by atoms with Crippen molar-refractivity contribution in [3.8, 4) is 0 Å². The lowest BCUT2D eigenvalue weighted by Crippen LogP contribution is -2.40. The van der Waals surface area contributed by atoms with Crippen molar-refractivity contribution in [1.29, 1.82) is 0 Å². The fourth-order valence-corrected chi connectivity index (χ4v) is 3.20. The second kappa shape index (κ2) is 7.90. The summed E-state index contributed by atoms with van der Waals surface area (Å²) in [6.07, 6.45) is 0.236. The van der Waals surface area contributed by atoms with Crippen molar-refractivity contribution in [3.63, 3.8) is 0 Å². The van der Waals surface area contributed by atoms with E-state index < -0.39 is 12.0 Å².